The Morgan fingerprint density at radius 1 is 0.457 bits per heavy atom. The standard InChI is InChI=1S/2C24H27N3O5.C20H20N2O4.CH3.2ClH.W/c2*1-27(16-8-11-30-12-9-16)10-13-31-17-3-4-18-15(14-17)2-6-20-22(18)23(26-32-20)19-5-7-21(28)25-24(19)29;1-2-3-10-25-13-5-6-14-12(11-13)4-8-16-18(14)19(22-26-16)15-7-9-17(23)21-20(15)24;;;;/h2*2-4,6,14,16,19H,5,7-13H2,1H3,(H,25,28,29);4-6,8,11,15H,2-3,7,9-10H2,1H3,(H,21,23,24);1H3;2*1H;/q;;;-1;;;. The van der Waals surface area contributed by atoms with Gasteiger partial charge in [0.05, 0.1) is 40.5 Å². The van der Waals surface area contributed by atoms with Crippen molar-refractivity contribution in [2.24, 2.45) is 0 Å². The van der Waals surface area contributed by atoms with Crippen LogP contribution in [0.3, 0.4) is 0 Å². The summed E-state index contributed by atoms with van der Waals surface area (Å²) in [5.41, 5.74) is 3.66. The molecule has 0 bridgehead atoms. The van der Waals surface area contributed by atoms with Crippen molar-refractivity contribution in [1.29, 1.82) is 0 Å². The summed E-state index contributed by atoms with van der Waals surface area (Å²) in [6.45, 7) is 9.07. The third kappa shape index (κ3) is 16.4. The molecule has 0 spiro atoms. The molecule has 0 aliphatic carbocycles. The number of likely N-dealkylation sites (N-methyl/N-ethyl adjacent to an activating group) is 2. The number of unbranched alkanes of at least 4 members (excludes halogenated alkanes) is 1. The smallest absolute Gasteiger partial charge is 0.235 e. The first kappa shape index (κ1) is 72.3. The molecule has 94 heavy (non-hydrogen) atoms. The first-order valence-corrected chi connectivity index (χ1v) is 31.3. The Balaban J connectivity index is 0.000000178. The molecular formula is C69H79Cl2N8O14W-. The van der Waals surface area contributed by atoms with Gasteiger partial charge in [-0.05, 0) is 171 Å². The molecule has 3 aromatic heterocycles. The summed E-state index contributed by atoms with van der Waals surface area (Å²) in [5, 5.41) is 28.1. The first-order valence-electron chi connectivity index (χ1n) is 31.3. The molecule has 6 aromatic carbocycles. The van der Waals surface area contributed by atoms with Gasteiger partial charge in [-0.2, -0.15) is 0 Å². The average molecular weight is 1500 g/mol. The van der Waals surface area contributed by atoms with Gasteiger partial charge in [-0.15, -0.1) is 24.8 Å². The maximum atomic E-state index is 12.4. The van der Waals surface area contributed by atoms with Crippen LogP contribution in [0.15, 0.2) is 105 Å². The van der Waals surface area contributed by atoms with Crippen LogP contribution in [0.25, 0.3) is 65.2 Å². The number of carbonyl (C=O) groups excluding carboxylic acids is 6. The Labute approximate surface area is 570 Å². The number of imide groups is 3. The van der Waals surface area contributed by atoms with E-state index in [4.69, 9.17) is 37.3 Å². The topological polar surface area (TPSA) is 269 Å². The van der Waals surface area contributed by atoms with Gasteiger partial charge in [-0.3, -0.25) is 54.5 Å². The van der Waals surface area contributed by atoms with Crippen molar-refractivity contribution >= 4 is 125 Å². The predicted octanol–water partition coefficient (Wildman–Crippen LogP) is 11.0. The summed E-state index contributed by atoms with van der Waals surface area (Å²) in [6, 6.07) is 30.4. The minimum Gasteiger partial charge on any atom is -0.494 e. The van der Waals surface area contributed by atoms with Gasteiger partial charge in [0.25, 0.3) is 0 Å². The molecule has 9 aromatic rings. The quantitative estimate of drug-likeness (QED) is 0.0434. The van der Waals surface area contributed by atoms with Crippen LogP contribution in [0.2, 0.25) is 0 Å². The third-order valence-corrected chi connectivity index (χ3v) is 17.9. The molecule has 22 nitrogen and oxygen atoms in total. The number of nitrogens with one attached hydrogen (secondary N) is 3. The van der Waals surface area contributed by atoms with Gasteiger partial charge >= 0.3 is 0 Å². The van der Waals surface area contributed by atoms with Crippen molar-refractivity contribution in [2.75, 3.05) is 73.4 Å². The van der Waals surface area contributed by atoms with Crippen LogP contribution in [0.5, 0.6) is 17.2 Å². The van der Waals surface area contributed by atoms with Crippen LogP contribution in [0.4, 0.5) is 0 Å². The number of carbonyl (C=O) groups is 6. The summed E-state index contributed by atoms with van der Waals surface area (Å²) >= 11 is 0. The largest absolute Gasteiger partial charge is 0.494 e. The van der Waals surface area contributed by atoms with Gasteiger partial charge in [0.2, 0.25) is 35.4 Å². The average Bonchev–Trinajstić information content (AvgIpc) is 1.55. The van der Waals surface area contributed by atoms with Crippen LogP contribution in [0.1, 0.15) is 119 Å². The number of rotatable bonds is 17. The monoisotopic (exact) mass is 1500 g/mol. The molecule has 5 aliphatic rings. The number of aromatic nitrogens is 3. The van der Waals surface area contributed by atoms with Gasteiger partial charge in [-0.1, -0.05) is 47.0 Å². The van der Waals surface area contributed by atoms with E-state index in [0.717, 1.165) is 144 Å². The van der Waals surface area contributed by atoms with Crippen molar-refractivity contribution in [3.05, 3.63) is 116 Å². The molecule has 3 atom stereocenters. The van der Waals surface area contributed by atoms with Crippen LogP contribution in [-0.2, 0) is 59.3 Å². The molecule has 5 aliphatic heterocycles. The van der Waals surface area contributed by atoms with Crippen molar-refractivity contribution in [3.8, 4) is 17.2 Å². The van der Waals surface area contributed by atoms with E-state index >= 15 is 0 Å². The molecule has 8 heterocycles. The fourth-order valence-electron chi connectivity index (χ4n) is 12.7. The Kier molecular flexibility index (Phi) is 25.5. The fraction of sp³-hybridized carbons (Fsp3) is 0.420. The zero-order valence-corrected chi connectivity index (χ0v) is 57.6. The van der Waals surface area contributed by atoms with Crippen molar-refractivity contribution in [2.45, 2.75) is 114 Å². The molecule has 5 saturated heterocycles. The van der Waals surface area contributed by atoms with Gasteiger partial charge < -0.3 is 44.7 Å². The van der Waals surface area contributed by atoms with Gasteiger partial charge in [0.1, 0.15) is 47.5 Å². The number of fused-ring (bicyclic) bond motifs is 9. The summed E-state index contributed by atoms with van der Waals surface area (Å²) < 4.78 is 45.2. The molecule has 3 N–H and O–H groups in total. The second-order valence-electron chi connectivity index (χ2n) is 23.7. The van der Waals surface area contributed by atoms with Crippen molar-refractivity contribution in [1.82, 2.24) is 41.2 Å². The Hall–Kier alpha value is -7.56. The minimum absolute atomic E-state index is 0. The number of benzene rings is 6. The number of hydrogen-bond acceptors (Lipinski definition) is 19. The summed E-state index contributed by atoms with van der Waals surface area (Å²) in [6.07, 6.45) is 8.60. The molecule has 25 heteroatoms. The second kappa shape index (κ2) is 33.2. The predicted molar refractivity (Wildman–Crippen MR) is 355 cm³/mol. The molecular weight excluding hydrogens is 1420 g/mol. The van der Waals surface area contributed by atoms with Gasteiger partial charge in [-0.25, -0.2) is 0 Å². The minimum atomic E-state index is -0.490. The summed E-state index contributed by atoms with van der Waals surface area (Å²) in [4.78, 5) is 76.2. The van der Waals surface area contributed by atoms with Crippen LogP contribution < -0.4 is 30.2 Å². The Morgan fingerprint density at radius 3 is 1.09 bits per heavy atom. The van der Waals surface area contributed by atoms with Crippen LogP contribution in [-0.4, -0.2) is 146 Å². The van der Waals surface area contributed by atoms with Gasteiger partial charge in [0, 0.05) is 91.9 Å². The maximum Gasteiger partial charge on any atom is 0.235 e. The van der Waals surface area contributed by atoms with E-state index in [-0.39, 0.29) is 88.7 Å². The Bertz CT molecular complexity index is 3970. The normalized spacial score (nSPS) is 18.7. The summed E-state index contributed by atoms with van der Waals surface area (Å²) in [7, 11) is 4.28. The van der Waals surface area contributed by atoms with E-state index in [1.807, 2.05) is 91.0 Å². The van der Waals surface area contributed by atoms with E-state index in [0.29, 0.717) is 104 Å². The zero-order valence-electron chi connectivity index (χ0n) is 53.1. The maximum absolute atomic E-state index is 12.4. The number of amides is 6. The van der Waals surface area contributed by atoms with E-state index in [1.54, 1.807) is 0 Å². The molecule has 6 amide bonds. The van der Waals surface area contributed by atoms with E-state index in [9.17, 15) is 28.8 Å². The number of piperidine rings is 3. The van der Waals surface area contributed by atoms with Crippen LogP contribution in [0, 0.1) is 7.43 Å². The molecule has 0 radical (unpaired) electrons. The van der Waals surface area contributed by atoms with Crippen molar-refractivity contribution in [3.63, 3.8) is 0 Å². The second-order valence-corrected chi connectivity index (χ2v) is 23.7. The number of ether oxygens (including phenoxy) is 5. The molecule has 5 fully saturated rings. The molecule has 14 rings (SSSR count). The Morgan fingerprint density at radius 2 is 0.777 bits per heavy atom. The molecule has 3 unspecified atom stereocenters. The van der Waals surface area contributed by atoms with Gasteiger partial charge in [0.15, 0.2) is 16.7 Å². The van der Waals surface area contributed by atoms with E-state index in [1.165, 1.54) is 0 Å². The number of halogens is 2. The van der Waals surface area contributed by atoms with Crippen LogP contribution >= 0.6 is 24.8 Å². The number of nitrogens with zero attached hydrogens (tertiary/aromatic N) is 5. The third-order valence-electron chi connectivity index (χ3n) is 17.9. The zero-order chi connectivity index (χ0) is 62.3. The molecule has 500 valence electrons. The summed E-state index contributed by atoms with van der Waals surface area (Å²) in [5.74, 6) is -0.694. The first-order chi connectivity index (χ1) is 43.9. The van der Waals surface area contributed by atoms with E-state index < -0.39 is 17.8 Å². The number of hydrogen-bond donors (Lipinski definition) is 3. The van der Waals surface area contributed by atoms with Crippen molar-refractivity contribution < 1.29 is 87.1 Å². The molecule has 0 saturated carbocycles. The van der Waals surface area contributed by atoms with E-state index in [2.05, 4.69) is 62.2 Å². The SMILES string of the molecule is CCCCOc1ccc2c(ccc3onc(C4CCC(=O)NC4=O)c32)c1.CN(CCOc1ccc2c(ccc3onc(C4CCC(=O)NC4=O)c32)c1)C1CCOCC1.CN(CCOc1ccc2c(ccc3onc(C4CCC(=O)NC4=O)c32)c1)C1CCOCC1.Cl.Cl.[CH3-].[W]. The fourth-order valence-corrected chi connectivity index (χ4v) is 12.7.